The molecule has 0 spiro atoms. The van der Waals surface area contributed by atoms with Gasteiger partial charge in [-0.3, -0.25) is 0 Å². The Labute approximate surface area is 111 Å². The van der Waals surface area contributed by atoms with Crippen LogP contribution in [0.3, 0.4) is 0 Å². The van der Waals surface area contributed by atoms with E-state index in [-0.39, 0.29) is 6.61 Å². The fraction of sp³-hybridized carbons (Fsp3) is 0.462. The average molecular weight is 266 g/mol. The van der Waals surface area contributed by atoms with E-state index in [1.807, 2.05) is 25.1 Å². The standard InChI is InChI=1S/C13H18N2O2S/c1-2-17-10-5-6-11-12(9-10)15-13(14-11)18-8-4-3-7-16/h5-6,9,16H,2-4,7-8H2,1H3,(H,14,15). The highest BCUT2D eigenvalue weighted by molar-refractivity contribution is 7.99. The zero-order valence-corrected chi connectivity index (χ0v) is 11.3. The van der Waals surface area contributed by atoms with Crippen molar-refractivity contribution in [3.8, 4) is 5.75 Å². The van der Waals surface area contributed by atoms with Crippen LogP contribution in [0.15, 0.2) is 23.4 Å². The molecule has 5 heteroatoms. The molecule has 0 aliphatic carbocycles. The molecule has 98 valence electrons. The number of aliphatic hydroxyl groups is 1. The number of imidazole rings is 1. The van der Waals surface area contributed by atoms with Crippen LogP contribution in [-0.4, -0.2) is 34.0 Å². The van der Waals surface area contributed by atoms with Gasteiger partial charge in [0.2, 0.25) is 0 Å². The van der Waals surface area contributed by atoms with Gasteiger partial charge in [0, 0.05) is 18.4 Å². The van der Waals surface area contributed by atoms with Gasteiger partial charge in [0.05, 0.1) is 17.6 Å². The summed E-state index contributed by atoms with van der Waals surface area (Å²) in [7, 11) is 0. The molecule has 0 saturated heterocycles. The van der Waals surface area contributed by atoms with Crippen molar-refractivity contribution in [1.82, 2.24) is 9.97 Å². The summed E-state index contributed by atoms with van der Waals surface area (Å²) < 4.78 is 5.45. The largest absolute Gasteiger partial charge is 0.494 e. The van der Waals surface area contributed by atoms with Crippen LogP contribution in [0, 0.1) is 0 Å². The summed E-state index contributed by atoms with van der Waals surface area (Å²) in [6.07, 6.45) is 1.85. The maximum atomic E-state index is 8.71. The first-order valence-electron chi connectivity index (χ1n) is 6.19. The van der Waals surface area contributed by atoms with Crippen LogP contribution in [-0.2, 0) is 0 Å². The number of unbranched alkanes of at least 4 members (excludes halogenated alkanes) is 1. The van der Waals surface area contributed by atoms with Gasteiger partial charge in [-0.25, -0.2) is 4.98 Å². The topological polar surface area (TPSA) is 58.1 Å². The second-order valence-corrected chi connectivity index (χ2v) is 5.02. The highest BCUT2D eigenvalue weighted by Crippen LogP contribution is 2.23. The molecule has 0 amide bonds. The average Bonchev–Trinajstić information content (AvgIpc) is 2.77. The summed E-state index contributed by atoms with van der Waals surface area (Å²) in [5.41, 5.74) is 1.97. The lowest BCUT2D eigenvalue weighted by Crippen LogP contribution is -1.90. The summed E-state index contributed by atoms with van der Waals surface area (Å²) in [5, 5.41) is 9.64. The smallest absolute Gasteiger partial charge is 0.166 e. The molecule has 1 aromatic carbocycles. The first kappa shape index (κ1) is 13.2. The van der Waals surface area contributed by atoms with Crippen LogP contribution in [0.25, 0.3) is 11.0 Å². The lowest BCUT2D eigenvalue weighted by molar-refractivity contribution is 0.287. The van der Waals surface area contributed by atoms with E-state index in [4.69, 9.17) is 9.84 Å². The number of nitrogens with zero attached hydrogens (tertiary/aromatic N) is 1. The third-order valence-electron chi connectivity index (χ3n) is 2.53. The second-order valence-electron chi connectivity index (χ2n) is 3.93. The van der Waals surface area contributed by atoms with Gasteiger partial charge in [-0.2, -0.15) is 0 Å². The zero-order valence-electron chi connectivity index (χ0n) is 10.5. The quantitative estimate of drug-likeness (QED) is 0.597. The van der Waals surface area contributed by atoms with E-state index >= 15 is 0 Å². The maximum absolute atomic E-state index is 8.71. The molecule has 0 bridgehead atoms. The van der Waals surface area contributed by atoms with Gasteiger partial charge >= 0.3 is 0 Å². The van der Waals surface area contributed by atoms with Gasteiger partial charge in [-0.05, 0) is 31.9 Å². The van der Waals surface area contributed by atoms with Crippen LogP contribution in [0.4, 0.5) is 0 Å². The molecule has 0 aliphatic heterocycles. The molecule has 0 aliphatic rings. The number of fused-ring (bicyclic) bond motifs is 1. The second kappa shape index (κ2) is 6.66. The number of rotatable bonds is 7. The highest BCUT2D eigenvalue weighted by atomic mass is 32.2. The summed E-state index contributed by atoms with van der Waals surface area (Å²) in [5.74, 6) is 1.84. The summed E-state index contributed by atoms with van der Waals surface area (Å²) in [4.78, 5) is 7.78. The van der Waals surface area contributed by atoms with Crippen molar-refractivity contribution < 1.29 is 9.84 Å². The minimum Gasteiger partial charge on any atom is -0.494 e. The van der Waals surface area contributed by atoms with Gasteiger partial charge in [0.1, 0.15) is 5.75 Å². The van der Waals surface area contributed by atoms with Crippen molar-refractivity contribution in [2.75, 3.05) is 19.0 Å². The summed E-state index contributed by atoms with van der Waals surface area (Å²) in [6, 6.07) is 5.88. The predicted octanol–water partition coefficient (Wildman–Crippen LogP) is 2.83. The maximum Gasteiger partial charge on any atom is 0.166 e. The van der Waals surface area contributed by atoms with E-state index in [0.29, 0.717) is 6.61 Å². The van der Waals surface area contributed by atoms with Crippen LogP contribution in [0.5, 0.6) is 5.75 Å². The fourth-order valence-electron chi connectivity index (χ4n) is 1.67. The minimum absolute atomic E-state index is 0.262. The number of nitrogens with one attached hydrogen (secondary N) is 1. The van der Waals surface area contributed by atoms with E-state index in [2.05, 4.69) is 9.97 Å². The summed E-state index contributed by atoms with van der Waals surface area (Å²) >= 11 is 1.69. The van der Waals surface area contributed by atoms with Crippen molar-refractivity contribution in [2.45, 2.75) is 24.9 Å². The first-order valence-corrected chi connectivity index (χ1v) is 7.18. The van der Waals surface area contributed by atoms with E-state index in [9.17, 15) is 0 Å². The summed E-state index contributed by atoms with van der Waals surface area (Å²) in [6.45, 7) is 2.90. The van der Waals surface area contributed by atoms with Crippen LogP contribution < -0.4 is 4.74 Å². The van der Waals surface area contributed by atoms with Crippen molar-refractivity contribution in [3.63, 3.8) is 0 Å². The van der Waals surface area contributed by atoms with E-state index < -0.39 is 0 Å². The number of H-pyrrole nitrogens is 1. The van der Waals surface area contributed by atoms with Crippen molar-refractivity contribution in [3.05, 3.63) is 18.2 Å². The number of aromatic amines is 1. The van der Waals surface area contributed by atoms with E-state index in [0.717, 1.165) is 40.5 Å². The molecule has 2 N–H and O–H groups in total. The molecule has 4 nitrogen and oxygen atoms in total. The van der Waals surface area contributed by atoms with Crippen LogP contribution in [0.1, 0.15) is 19.8 Å². The Bertz CT molecular complexity index is 499. The molecule has 2 rings (SSSR count). The fourth-order valence-corrected chi connectivity index (χ4v) is 2.56. The van der Waals surface area contributed by atoms with Crippen molar-refractivity contribution >= 4 is 22.8 Å². The normalized spacial score (nSPS) is 11.0. The van der Waals surface area contributed by atoms with Gasteiger partial charge < -0.3 is 14.8 Å². The van der Waals surface area contributed by atoms with Gasteiger partial charge in [-0.1, -0.05) is 11.8 Å². The lowest BCUT2D eigenvalue weighted by Gasteiger charge is -2.00. The Hall–Kier alpha value is -1.20. The molecule has 0 radical (unpaired) electrons. The van der Waals surface area contributed by atoms with Crippen molar-refractivity contribution in [1.29, 1.82) is 0 Å². The highest BCUT2D eigenvalue weighted by Gasteiger charge is 2.04. The van der Waals surface area contributed by atoms with Crippen LogP contribution in [0.2, 0.25) is 0 Å². The number of aromatic nitrogens is 2. The molecule has 18 heavy (non-hydrogen) atoms. The predicted molar refractivity (Wildman–Crippen MR) is 74.3 cm³/mol. The number of thioether (sulfide) groups is 1. The van der Waals surface area contributed by atoms with Crippen molar-refractivity contribution in [2.24, 2.45) is 0 Å². The Balaban J connectivity index is 2.02. The monoisotopic (exact) mass is 266 g/mol. The van der Waals surface area contributed by atoms with E-state index in [1.54, 1.807) is 11.8 Å². The third kappa shape index (κ3) is 3.40. The number of ether oxygens (including phenoxy) is 1. The number of hydrogen-bond acceptors (Lipinski definition) is 4. The SMILES string of the molecule is CCOc1ccc2nc(SCCCCO)[nH]c2c1. The Kier molecular flexibility index (Phi) is 4.90. The molecular weight excluding hydrogens is 248 g/mol. The molecule has 0 fully saturated rings. The molecular formula is C13H18N2O2S. The van der Waals surface area contributed by atoms with Gasteiger partial charge in [0.15, 0.2) is 5.16 Å². The molecule has 1 heterocycles. The molecule has 0 saturated carbocycles. The third-order valence-corrected chi connectivity index (χ3v) is 3.49. The Morgan fingerprint density at radius 2 is 2.28 bits per heavy atom. The van der Waals surface area contributed by atoms with Gasteiger partial charge in [-0.15, -0.1) is 0 Å². The number of aliphatic hydroxyl groups excluding tert-OH is 1. The lowest BCUT2D eigenvalue weighted by atomic mass is 10.3. The Morgan fingerprint density at radius 1 is 1.39 bits per heavy atom. The van der Waals surface area contributed by atoms with Gasteiger partial charge in [0.25, 0.3) is 0 Å². The van der Waals surface area contributed by atoms with E-state index in [1.165, 1.54) is 0 Å². The number of hydrogen-bond donors (Lipinski definition) is 2. The van der Waals surface area contributed by atoms with Crippen LogP contribution >= 0.6 is 11.8 Å². The zero-order chi connectivity index (χ0) is 12.8. The molecule has 0 atom stereocenters. The first-order chi connectivity index (χ1) is 8.83. The Morgan fingerprint density at radius 3 is 3.06 bits per heavy atom. The number of benzene rings is 1. The molecule has 1 aromatic heterocycles. The minimum atomic E-state index is 0.262. The molecule has 0 unspecified atom stereocenters. The molecule has 2 aromatic rings.